The highest BCUT2D eigenvalue weighted by Gasteiger charge is 2.17. The molecule has 0 saturated carbocycles. The van der Waals surface area contributed by atoms with Crippen molar-refractivity contribution in [3.05, 3.63) is 17.6 Å². The van der Waals surface area contributed by atoms with E-state index in [4.69, 9.17) is 5.73 Å². The molecule has 1 aliphatic rings. The van der Waals surface area contributed by atoms with Gasteiger partial charge in [-0.05, 0) is 45.6 Å². The maximum absolute atomic E-state index is 5.61. The molecular weight excluding hydrogens is 224 g/mol. The lowest BCUT2D eigenvalue weighted by Gasteiger charge is -2.24. The number of aryl methyl sites for hydroxylation is 1. The van der Waals surface area contributed by atoms with E-state index in [-0.39, 0.29) is 0 Å². The molecule has 0 aromatic carbocycles. The summed E-state index contributed by atoms with van der Waals surface area (Å²) in [5, 5.41) is 0. The molecule has 1 aromatic heterocycles. The van der Waals surface area contributed by atoms with E-state index >= 15 is 0 Å². The molecular formula is C14H24N4. The van der Waals surface area contributed by atoms with Gasteiger partial charge in [0.1, 0.15) is 12.1 Å². The van der Waals surface area contributed by atoms with E-state index in [1.54, 1.807) is 6.33 Å². The topological polar surface area (TPSA) is 55.0 Å². The van der Waals surface area contributed by atoms with Crippen molar-refractivity contribution in [3.8, 4) is 0 Å². The van der Waals surface area contributed by atoms with Crippen LogP contribution in [0, 0.1) is 0 Å². The fourth-order valence-corrected chi connectivity index (χ4v) is 2.65. The summed E-state index contributed by atoms with van der Waals surface area (Å²) in [6.45, 7) is 4.91. The average molecular weight is 248 g/mol. The molecule has 1 heterocycles. The van der Waals surface area contributed by atoms with E-state index in [9.17, 15) is 0 Å². The summed E-state index contributed by atoms with van der Waals surface area (Å²) in [5.41, 5.74) is 8.26. The van der Waals surface area contributed by atoms with E-state index in [0.717, 1.165) is 44.7 Å². The van der Waals surface area contributed by atoms with Crippen LogP contribution in [0.5, 0.6) is 0 Å². The maximum Gasteiger partial charge on any atom is 0.135 e. The van der Waals surface area contributed by atoms with Crippen LogP contribution in [0.15, 0.2) is 6.33 Å². The Balaban J connectivity index is 2.25. The van der Waals surface area contributed by atoms with Gasteiger partial charge < -0.3 is 10.6 Å². The molecule has 18 heavy (non-hydrogen) atoms. The van der Waals surface area contributed by atoms with Crippen molar-refractivity contribution in [2.75, 3.05) is 24.5 Å². The molecule has 1 aromatic rings. The molecule has 0 spiro atoms. The molecule has 0 fully saturated rings. The Hall–Kier alpha value is -1.16. The van der Waals surface area contributed by atoms with E-state index in [1.165, 1.54) is 30.5 Å². The fourth-order valence-electron chi connectivity index (χ4n) is 2.65. The summed E-state index contributed by atoms with van der Waals surface area (Å²) in [5.74, 6) is 1.15. The van der Waals surface area contributed by atoms with Gasteiger partial charge in [-0.25, -0.2) is 9.97 Å². The van der Waals surface area contributed by atoms with Gasteiger partial charge in [0.25, 0.3) is 0 Å². The van der Waals surface area contributed by atoms with Crippen molar-refractivity contribution in [2.45, 2.75) is 45.4 Å². The van der Waals surface area contributed by atoms with Gasteiger partial charge in [-0.15, -0.1) is 0 Å². The summed E-state index contributed by atoms with van der Waals surface area (Å²) in [7, 11) is 0. The van der Waals surface area contributed by atoms with Crippen molar-refractivity contribution in [1.29, 1.82) is 0 Å². The standard InChI is InChI=1S/C14H24N4/c1-2-18(10-6-9-15)14-12-7-4-3-5-8-13(12)16-11-17-14/h11H,2-10,15H2,1H3. The third kappa shape index (κ3) is 2.99. The van der Waals surface area contributed by atoms with Gasteiger partial charge in [-0.2, -0.15) is 0 Å². The Bertz CT molecular complexity index is 378. The number of anilines is 1. The van der Waals surface area contributed by atoms with Gasteiger partial charge in [-0.1, -0.05) is 6.42 Å². The second kappa shape index (κ2) is 6.69. The first kappa shape index (κ1) is 13.3. The van der Waals surface area contributed by atoms with Crippen LogP contribution in [-0.4, -0.2) is 29.6 Å². The molecule has 0 unspecified atom stereocenters. The monoisotopic (exact) mass is 248 g/mol. The Morgan fingerprint density at radius 1 is 1.22 bits per heavy atom. The molecule has 0 radical (unpaired) electrons. The Morgan fingerprint density at radius 3 is 2.83 bits per heavy atom. The molecule has 0 bridgehead atoms. The first-order valence-corrected chi connectivity index (χ1v) is 7.14. The number of hydrogen-bond donors (Lipinski definition) is 1. The number of nitrogens with two attached hydrogens (primary N) is 1. The lowest BCUT2D eigenvalue weighted by atomic mass is 10.1. The van der Waals surface area contributed by atoms with Crippen LogP contribution in [0.2, 0.25) is 0 Å². The summed E-state index contributed by atoms with van der Waals surface area (Å²) in [6.07, 6.45) is 8.83. The molecule has 4 heteroatoms. The molecule has 4 nitrogen and oxygen atoms in total. The van der Waals surface area contributed by atoms with Crippen LogP contribution in [0.1, 0.15) is 43.9 Å². The maximum atomic E-state index is 5.61. The summed E-state index contributed by atoms with van der Waals surface area (Å²) in [6, 6.07) is 0. The summed E-state index contributed by atoms with van der Waals surface area (Å²) < 4.78 is 0. The number of aromatic nitrogens is 2. The van der Waals surface area contributed by atoms with Crippen molar-refractivity contribution >= 4 is 5.82 Å². The molecule has 2 rings (SSSR count). The van der Waals surface area contributed by atoms with E-state index in [2.05, 4.69) is 21.8 Å². The number of fused-ring (bicyclic) bond motifs is 1. The van der Waals surface area contributed by atoms with Gasteiger partial charge >= 0.3 is 0 Å². The Kier molecular flexibility index (Phi) is 4.93. The number of nitrogens with zero attached hydrogens (tertiary/aromatic N) is 3. The van der Waals surface area contributed by atoms with E-state index in [0.29, 0.717) is 0 Å². The zero-order valence-electron chi connectivity index (χ0n) is 11.4. The van der Waals surface area contributed by atoms with E-state index in [1.807, 2.05) is 0 Å². The molecule has 0 aliphatic heterocycles. The lowest BCUT2D eigenvalue weighted by Crippen LogP contribution is -2.28. The van der Waals surface area contributed by atoms with Crippen molar-refractivity contribution in [1.82, 2.24) is 9.97 Å². The summed E-state index contributed by atoms with van der Waals surface area (Å²) in [4.78, 5) is 11.4. The third-order valence-electron chi connectivity index (χ3n) is 3.67. The zero-order chi connectivity index (χ0) is 12.8. The Labute approximate surface area is 110 Å². The summed E-state index contributed by atoms with van der Waals surface area (Å²) >= 11 is 0. The highest BCUT2D eigenvalue weighted by molar-refractivity contribution is 5.49. The van der Waals surface area contributed by atoms with Gasteiger partial charge in [0.05, 0.1) is 0 Å². The van der Waals surface area contributed by atoms with Gasteiger partial charge in [0, 0.05) is 24.3 Å². The smallest absolute Gasteiger partial charge is 0.135 e. The lowest BCUT2D eigenvalue weighted by molar-refractivity contribution is 0.706. The second-order valence-electron chi connectivity index (χ2n) is 4.91. The van der Waals surface area contributed by atoms with Crippen LogP contribution in [0.3, 0.4) is 0 Å². The highest BCUT2D eigenvalue weighted by Crippen LogP contribution is 2.26. The van der Waals surface area contributed by atoms with E-state index < -0.39 is 0 Å². The fraction of sp³-hybridized carbons (Fsp3) is 0.714. The van der Waals surface area contributed by atoms with Crippen LogP contribution in [-0.2, 0) is 12.8 Å². The molecule has 100 valence electrons. The number of hydrogen-bond acceptors (Lipinski definition) is 4. The van der Waals surface area contributed by atoms with Crippen molar-refractivity contribution in [2.24, 2.45) is 5.73 Å². The predicted molar refractivity (Wildman–Crippen MR) is 74.8 cm³/mol. The predicted octanol–water partition coefficient (Wildman–Crippen LogP) is 1.92. The zero-order valence-corrected chi connectivity index (χ0v) is 11.4. The molecule has 0 atom stereocenters. The van der Waals surface area contributed by atoms with Gasteiger partial charge in [0.2, 0.25) is 0 Å². The van der Waals surface area contributed by atoms with Crippen molar-refractivity contribution < 1.29 is 0 Å². The highest BCUT2D eigenvalue weighted by atomic mass is 15.2. The van der Waals surface area contributed by atoms with Crippen molar-refractivity contribution in [3.63, 3.8) is 0 Å². The normalized spacial score (nSPS) is 15.0. The van der Waals surface area contributed by atoms with Crippen LogP contribution in [0.4, 0.5) is 5.82 Å². The first-order chi connectivity index (χ1) is 8.86. The molecule has 2 N–H and O–H groups in total. The first-order valence-electron chi connectivity index (χ1n) is 7.14. The minimum atomic E-state index is 0.740. The molecule has 0 amide bonds. The van der Waals surface area contributed by atoms with Gasteiger partial charge in [0.15, 0.2) is 0 Å². The average Bonchev–Trinajstić information content (AvgIpc) is 2.65. The van der Waals surface area contributed by atoms with Gasteiger partial charge in [-0.3, -0.25) is 0 Å². The minimum absolute atomic E-state index is 0.740. The quantitative estimate of drug-likeness (QED) is 0.809. The minimum Gasteiger partial charge on any atom is -0.357 e. The Morgan fingerprint density at radius 2 is 2.06 bits per heavy atom. The van der Waals surface area contributed by atoms with Crippen LogP contribution >= 0.6 is 0 Å². The largest absolute Gasteiger partial charge is 0.357 e. The second-order valence-corrected chi connectivity index (χ2v) is 4.91. The number of rotatable bonds is 5. The SMILES string of the molecule is CCN(CCCN)c1ncnc2c1CCCCC2. The molecule has 0 saturated heterocycles. The third-order valence-corrected chi connectivity index (χ3v) is 3.67. The van der Waals surface area contributed by atoms with Crippen LogP contribution < -0.4 is 10.6 Å². The van der Waals surface area contributed by atoms with Crippen LogP contribution in [0.25, 0.3) is 0 Å². The molecule has 1 aliphatic carbocycles.